The van der Waals surface area contributed by atoms with Gasteiger partial charge in [-0.1, -0.05) is 6.08 Å². The largest absolute Gasteiger partial charge is 0.299 e. The summed E-state index contributed by atoms with van der Waals surface area (Å²) in [7, 11) is 0. The maximum Gasteiger partial charge on any atom is 0.141 e. The summed E-state index contributed by atoms with van der Waals surface area (Å²) >= 11 is 0. The van der Waals surface area contributed by atoms with Crippen molar-refractivity contribution in [2.45, 2.75) is 12.8 Å². The fraction of sp³-hybridized carbons (Fsp3) is 0.154. The zero-order chi connectivity index (χ0) is 12.1. The predicted octanol–water partition coefficient (Wildman–Crippen LogP) is 1.16. The molecule has 0 saturated heterocycles. The van der Waals surface area contributed by atoms with Crippen molar-refractivity contribution in [3.8, 4) is 0 Å². The van der Waals surface area contributed by atoms with Gasteiger partial charge in [0.15, 0.2) is 0 Å². The lowest BCUT2D eigenvalue weighted by Crippen LogP contribution is -2.22. The van der Waals surface area contributed by atoms with Crippen LogP contribution in [0.2, 0.25) is 0 Å². The summed E-state index contributed by atoms with van der Waals surface area (Å²) in [5.41, 5.74) is 2.59. The molecule has 1 aromatic heterocycles. The highest BCUT2D eigenvalue weighted by Crippen LogP contribution is 2.24. The molecule has 0 atom stereocenters. The number of carbonyl (C=O) groups excluding carboxylic acids is 1. The predicted molar refractivity (Wildman–Crippen MR) is 64.8 cm³/mol. The van der Waals surface area contributed by atoms with Crippen LogP contribution >= 0.6 is 0 Å². The summed E-state index contributed by atoms with van der Waals surface area (Å²) in [6.45, 7) is 0. The average molecular weight is 236 g/mol. The van der Waals surface area contributed by atoms with Crippen molar-refractivity contribution in [2.24, 2.45) is 15.4 Å². The van der Waals surface area contributed by atoms with E-state index >= 15 is 0 Å². The number of fused-ring (bicyclic) bond motifs is 4. The molecule has 5 heteroatoms. The van der Waals surface area contributed by atoms with Gasteiger partial charge in [0.2, 0.25) is 0 Å². The molecule has 0 unspecified atom stereocenters. The molecule has 0 radical (unpaired) electrons. The van der Waals surface area contributed by atoms with Gasteiger partial charge in [0.05, 0.1) is 10.9 Å². The fourth-order valence-electron chi connectivity index (χ4n) is 2.39. The van der Waals surface area contributed by atoms with E-state index in [1.54, 1.807) is 0 Å². The van der Waals surface area contributed by atoms with Crippen molar-refractivity contribution in [1.82, 2.24) is 4.98 Å². The highest BCUT2D eigenvalue weighted by atomic mass is 16.1. The van der Waals surface area contributed by atoms with Crippen molar-refractivity contribution >= 4 is 28.4 Å². The Labute approximate surface area is 102 Å². The Bertz CT molecular complexity index is 851. The van der Waals surface area contributed by atoms with Crippen LogP contribution < -0.4 is 10.7 Å². The van der Waals surface area contributed by atoms with Gasteiger partial charge >= 0.3 is 0 Å². The number of ketones is 1. The summed E-state index contributed by atoms with van der Waals surface area (Å²) in [4.78, 5) is 16.1. The summed E-state index contributed by atoms with van der Waals surface area (Å²) < 4.78 is 0. The van der Waals surface area contributed by atoms with Gasteiger partial charge in [0.25, 0.3) is 0 Å². The van der Waals surface area contributed by atoms with Crippen LogP contribution in [0.15, 0.2) is 33.6 Å². The highest BCUT2D eigenvalue weighted by molar-refractivity contribution is 5.93. The number of hydrogen-bond acceptors (Lipinski definition) is 5. The van der Waals surface area contributed by atoms with Gasteiger partial charge in [-0.05, 0) is 29.0 Å². The number of pyridine rings is 1. The van der Waals surface area contributed by atoms with E-state index in [4.69, 9.17) is 0 Å². The normalized spacial score (nSPS) is 16.1. The van der Waals surface area contributed by atoms with Gasteiger partial charge in [-0.3, -0.25) is 4.79 Å². The Morgan fingerprint density at radius 1 is 1.22 bits per heavy atom. The smallest absolute Gasteiger partial charge is 0.141 e. The first-order chi connectivity index (χ1) is 8.81. The van der Waals surface area contributed by atoms with E-state index < -0.39 is 0 Å². The monoisotopic (exact) mass is 236 g/mol. The maximum atomic E-state index is 11.5. The lowest BCUT2D eigenvalue weighted by atomic mass is 9.99. The molecule has 18 heavy (non-hydrogen) atoms. The second-order valence-electron chi connectivity index (χ2n) is 4.45. The second-order valence-corrected chi connectivity index (χ2v) is 4.45. The van der Waals surface area contributed by atoms with E-state index in [1.807, 2.05) is 24.3 Å². The minimum Gasteiger partial charge on any atom is -0.299 e. The van der Waals surface area contributed by atoms with Crippen LogP contribution in [0.3, 0.4) is 0 Å². The summed E-state index contributed by atoms with van der Waals surface area (Å²) in [6.07, 6.45) is 2.82. The van der Waals surface area contributed by atoms with Gasteiger partial charge in [0, 0.05) is 18.2 Å². The lowest BCUT2D eigenvalue weighted by Gasteiger charge is -2.08. The molecule has 5 nitrogen and oxygen atoms in total. The molecule has 0 saturated carbocycles. The second kappa shape index (κ2) is 3.29. The van der Waals surface area contributed by atoms with Crippen molar-refractivity contribution in [2.75, 3.05) is 0 Å². The van der Waals surface area contributed by atoms with Crippen molar-refractivity contribution in [1.29, 1.82) is 0 Å². The third kappa shape index (κ3) is 1.24. The molecule has 0 amide bonds. The minimum atomic E-state index is 0.225. The first kappa shape index (κ1) is 9.58. The zero-order valence-electron chi connectivity index (χ0n) is 9.42. The molecule has 2 heterocycles. The van der Waals surface area contributed by atoms with Crippen LogP contribution in [0.1, 0.15) is 12.0 Å². The maximum absolute atomic E-state index is 11.5. The first-order valence-electron chi connectivity index (χ1n) is 5.74. The van der Waals surface area contributed by atoms with Crippen LogP contribution in [0.25, 0.3) is 17.0 Å². The molecule has 4 rings (SSSR count). The van der Waals surface area contributed by atoms with Gasteiger partial charge in [-0.15, -0.1) is 10.2 Å². The number of nitrogens with zero attached hydrogens (tertiary/aromatic N) is 4. The average Bonchev–Trinajstić information content (AvgIpc) is 2.85. The fourth-order valence-corrected chi connectivity index (χ4v) is 2.39. The van der Waals surface area contributed by atoms with Crippen LogP contribution in [-0.4, -0.2) is 10.8 Å². The lowest BCUT2D eigenvalue weighted by molar-refractivity contribution is -0.117. The molecule has 1 aliphatic carbocycles. The Morgan fingerprint density at radius 2 is 2.17 bits per heavy atom. The van der Waals surface area contributed by atoms with Crippen LogP contribution in [-0.2, 0) is 11.2 Å². The van der Waals surface area contributed by atoms with E-state index in [9.17, 15) is 4.79 Å². The quantitative estimate of drug-likeness (QED) is 0.688. The number of hydrogen-bond donors (Lipinski definition) is 0. The third-order valence-electron chi connectivity index (χ3n) is 3.27. The number of rotatable bonds is 0. The summed E-state index contributed by atoms with van der Waals surface area (Å²) in [6, 6.07) is 5.77. The van der Waals surface area contributed by atoms with E-state index in [1.165, 1.54) is 0 Å². The van der Waals surface area contributed by atoms with Crippen LogP contribution in [0, 0.1) is 0 Å². The van der Waals surface area contributed by atoms with E-state index in [0.29, 0.717) is 12.8 Å². The molecular weight excluding hydrogens is 228 g/mol. The van der Waals surface area contributed by atoms with E-state index in [-0.39, 0.29) is 5.78 Å². The zero-order valence-corrected chi connectivity index (χ0v) is 9.42. The van der Waals surface area contributed by atoms with E-state index in [0.717, 1.165) is 32.9 Å². The molecule has 0 bridgehead atoms. The SMILES string of the molecule is O=C1CC=c2nc3ccc4c(c3cc2C1)N=NN=4. The Morgan fingerprint density at radius 3 is 3.11 bits per heavy atom. The van der Waals surface area contributed by atoms with Gasteiger partial charge < -0.3 is 0 Å². The standard InChI is InChI=1S/C13H8N4O/c18-8-1-2-10-7(5-8)6-9-11(14-10)3-4-12-13(9)16-17-15-12/h2-4,6H,1,5H2. The van der Waals surface area contributed by atoms with Crippen molar-refractivity contribution in [3.63, 3.8) is 0 Å². The van der Waals surface area contributed by atoms with Gasteiger partial charge in [-0.25, -0.2) is 4.98 Å². The van der Waals surface area contributed by atoms with Crippen LogP contribution in [0.4, 0.5) is 5.69 Å². The Balaban J connectivity index is 2.14. The van der Waals surface area contributed by atoms with Crippen molar-refractivity contribution in [3.05, 3.63) is 34.5 Å². The molecular formula is C13H8N4O. The Hall–Kier alpha value is -2.43. The molecule has 1 aliphatic heterocycles. The summed E-state index contributed by atoms with van der Waals surface area (Å²) in [5, 5.41) is 14.2. The van der Waals surface area contributed by atoms with Gasteiger partial charge in [-0.2, -0.15) is 0 Å². The Kier molecular flexibility index (Phi) is 1.75. The van der Waals surface area contributed by atoms with Gasteiger partial charge in [0.1, 0.15) is 16.8 Å². The third-order valence-corrected chi connectivity index (χ3v) is 3.27. The van der Waals surface area contributed by atoms with Crippen molar-refractivity contribution < 1.29 is 4.79 Å². The number of aromatic nitrogens is 1. The molecule has 86 valence electrons. The molecule has 0 spiro atoms. The minimum absolute atomic E-state index is 0.225. The number of Topliss-reactive ketones (excluding diaryl/α,β-unsaturated/α-hetero) is 1. The summed E-state index contributed by atoms with van der Waals surface area (Å²) in [5.74, 6) is 0.225. The van der Waals surface area contributed by atoms with E-state index in [2.05, 4.69) is 20.4 Å². The molecule has 1 aromatic carbocycles. The number of carbonyl (C=O) groups is 1. The molecule has 2 aromatic rings. The van der Waals surface area contributed by atoms with Crippen LogP contribution in [0.5, 0.6) is 0 Å². The topological polar surface area (TPSA) is 67.0 Å². The molecule has 0 N–H and O–H groups in total. The molecule has 0 fully saturated rings. The molecule has 2 aliphatic rings. The highest BCUT2D eigenvalue weighted by Gasteiger charge is 2.14. The first-order valence-corrected chi connectivity index (χ1v) is 5.74. The number of benzene rings is 1.